The third kappa shape index (κ3) is 2.34. The second-order valence-electron chi connectivity index (χ2n) is 5.54. The summed E-state index contributed by atoms with van der Waals surface area (Å²) in [6, 6.07) is 3.43. The van der Waals surface area contributed by atoms with E-state index in [0.717, 1.165) is 17.6 Å². The molecule has 5 heteroatoms. The SMILES string of the molecule is Cc1cc2c(cc1F)[nH]c(=S)n2CC1(C)CCCS1. The van der Waals surface area contributed by atoms with Gasteiger partial charge in [-0.25, -0.2) is 4.39 Å². The summed E-state index contributed by atoms with van der Waals surface area (Å²) in [6.07, 6.45) is 2.48. The van der Waals surface area contributed by atoms with E-state index in [2.05, 4.69) is 16.5 Å². The van der Waals surface area contributed by atoms with Crippen molar-refractivity contribution in [3.63, 3.8) is 0 Å². The van der Waals surface area contributed by atoms with Crippen LogP contribution < -0.4 is 0 Å². The highest BCUT2D eigenvalue weighted by molar-refractivity contribution is 8.00. The second kappa shape index (κ2) is 4.63. The molecule has 0 saturated carbocycles. The number of H-pyrrole nitrogens is 1. The van der Waals surface area contributed by atoms with Crippen LogP contribution >= 0.6 is 24.0 Å². The Bertz CT molecular complexity index is 681. The topological polar surface area (TPSA) is 20.7 Å². The van der Waals surface area contributed by atoms with E-state index in [1.54, 1.807) is 13.0 Å². The molecule has 1 unspecified atom stereocenters. The Labute approximate surface area is 121 Å². The predicted octanol–water partition coefficient (Wildman–Crippen LogP) is 4.43. The molecular weight excluding hydrogens is 279 g/mol. The zero-order valence-electron chi connectivity index (χ0n) is 11.1. The van der Waals surface area contributed by atoms with Gasteiger partial charge in [0.15, 0.2) is 4.77 Å². The third-order valence-electron chi connectivity index (χ3n) is 3.85. The van der Waals surface area contributed by atoms with Crippen molar-refractivity contribution < 1.29 is 4.39 Å². The molecule has 1 atom stereocenters. The zero-order valence-corrected chi connectivity index (χ0v) is 12.8. The van der Waals surface area contributed by atoms with Crippen LogP contribution in [-0.2, 0) is 6.54 Å². The number of nitrogens with one attached hydrogen (secondary N) is 1. The summed E-state index contributed by atoms with van der Waals surface area (Å²) in [5.74, 6) is 1.04. The number of aromatic nitrogens is 2. The Morgan fingerprint density at radius 3 is 3.00 bits per heavy atom. The largest absolute Gasteiger partial charge is 0.330 e. The van der Waals surface area contributed by atoms with Crippen molar-refractivity contribution in [1.29, 1.82) is 0 Å². The van der Waals surface area contributed by atoms with Gasteiger partial charge in [-0.1, -0.05) is 0 Å². The lowest BCUT2D eigenvalue weighted by Crippen LogP contribution is -2.23. The van der Waals surface area contributed by atoms with Gasteiger partial charge in [-0.15, -0.1) is 0 Å². The molecule has 1 aliphatic heterocycles. The summed E-state index contributed by atoms with van der Waals surface area (Å²) in [7, 11) is 0. The summed E-state index contributed by atoms with van der Waals surface area (Å²) in [4.78, 5) is 3.11. The molecule has 1 aromatic heterocycles. The van der Waals surface area contributed by atoms with Gasteiger partial charge in [0.05, 0.1) is 11.0 Å². The molecule has 102 valence electrons. The molecule has 3 rings (SSSR count). The second-order valence-corrected chi connectivity index (χ2v) is 7.61. The van der Waals surface area contributed by atoms with Gasteiger partial charge in [0.25, 0.3) is 0 Å². The van der Waals surface area contributed by atoms with Crippen molar-refractivity contribution in [3.8, 4) is 0 Å². The molecular formula is C14H17FN2S2. The van der Waals surface area contributed by atoms with Crippen molar-refractivity contribution >= 4 is 35.0 Å². The van der Waals surface area contributed by atoms with Crippen LogP contribution in [0.3, 0.4) is 0 Å². The highest BCUT2D eigenvalue weighted by atomic mass is 32.2. The van der Waals surface area contributed by atoms with Gasteiger partial charge < -0.3 is 9.55 Å². The number of fused-ring (bicyclic) bond motifs is 1. The molecule has 2 heterocycles. The molecule has 1 saturated heterocycles. The Morgan fingerprint density at radius 1 is 1.53 bits per heavy atom. The number of rotatable bonds is 2. The number of nitrogens with zero attached hydrogens (tertiary/aromatic N) is 1. The lowest BCUT2D eigenvalue weighted by Gasteiger charge is -2.23. The number of halogens is 1. The summed E-state index contributed by atoms with van der Waals surface area (Å²) in [6.45, 7) is 4.98. The number of aromatic amines is 1. The van der Waals surface area contributed by atoms with Gasteiger partial charge >= 0.3 is 0 Å². The van der Waals surface area contributed by atoms with Crippen molar-refractivity contribution in [2.45, 2.75) is 38.0 Å². The summed E-state index contributed by atoms with van der Waals surface area (Å²) < 4.78 is 16.7. The number of aryl methyl sites for hydroxylation is 1. The minimum atomic E-state index is -0.183. The van der Waals surface area contributed by atoms with Crippen molar-refractivity contribution in [1.82, 2.24) is 9.55 Å². The van der Waals surface area contributed by atoms with Gasteiger partial charge in [0.2, 0.25) is 0 Å². The maximum absolute atomic E-state index is 13.6. The zero-order chi connectivity index (χ0) is 13.6. The van der Waals surface area contributed by atoms with Gasteiger partial charge in [-0.3, -0.25) is 0 Å². The molecule has 19 heavy (non-hydrogen) atoms. The number of imidazole rings is 1. The van der Waals surface area contributed by atoms with Crippen LogP contribution in [0.15, 0.2) is 12.1 Å². The molecule has 2 aromatic rings. The average Bonchev–Trinajstić information content (AvgIpc) is 2.88. The Kier molecular flexibility index (Phi) is 3.21. The number of thioether (sulfide) groups is 1. The van der Waals surface area contributed by atoms with Crippen molar-refractivity contribution in [2.75, 3.05) is 5.75 Å². The normalized spacial score (nSPS) is 23.3. The molecule has 0 spiro atoms. The van der Waals surface area contributed by atoms with Crippen molar-refractivity contribution in [2.24, 2.45) is 0 Å². The molecule has 1 aromatic carbocycles. The first-order valence-electron chi connectivity index (χ1n) is 6.51. The lowest BCUT2D eigenvalue weighted by atomic mass is 10.1. The molecule has 0 radical (unpaired) electrons. The standard InChI is InChI=1S/C14H17FN2S2/c1-9-6-12-11(7-10(9)15)16-13(18)17(12)8-14(2)4-3-5-19-14/h6-7H,3-5,8H2,1-2H3,(H,16,18). The van der Waals surface area contributed by atoms with Gasteiger partial charge in [0, 0.05) is 11.3 Å². The van der Waals surface area contributed by atoms with E-state index in [4.69, 9.17) is 12.2 Å². The first-order valence-corrected chi connectivity index (χ1v) is 7.91. The molecule has 1 aliphatic rings. The van der Waals surface area contributed by atoms with E-state index in [1.807, 2.05) is 17.8 Å². The van der Waals surface area contributed by atoms with Gasteiger partial charge in [0.1, 0.15) is 5.82 Å². The monoisotopic (exact) mass is 296 g/mol. The Balaban J connectivity index is 2.10. The quantitative estimate of drug-likeness (QED) is 0.827. The molecule has 0 aliphatic carbocycles. The van der Waals surface area contributed by atoms with Crippen molar-refractivity contribution in [3.05, 3.63) is 28.3 Å². The van der Waals surface area contributed by atoms with Crippen LogP contribution in [0.4, 0.5) is 4.39 Å². The Hall–Kier alpha value is -0.810. The van der Waals surface area contributed by atoms with Crippen LogP contribution in [0.25, 0.3) is 11.0 Å². The van der Waals surface area contributed by atoms with Gasteiger partial charge in [-0.05, 0) is 62.4 Å². The van der Waals surface area contributed by atoms with E-state index in [-0.39, 0.29) is 10.6 Å². The lowest BCUT2D eigenvalue weighted by molar-refractivity contribution is 0.515. The predicted molar refractivity (Wildman–Crippen MR) is 81.9 cm³/mol. The molecule has 1 N–H and O–H groups in total. The third-order valence-corrected chi connectivity index (χ3v) is 5.69. The minimum absolute atomic E-state index is 0.183. The molecule has 0 amide bonds. The number of hydrogen-bond donors (Lipinski definition) is 1. The average molecular weight is 296 g/mol. The first kappa shape index (κ1) is 13.2. The van der Waals surface area contributed by atoms with E-state index in [9.17, 15) is 4.39 Å². The fourth-order valence-corrected chi connectivity index (χ4v) is 4.30. The molecule has 1 fully saturated rings. The molecule has 0 bridgehead atoms. The smallest absolute Gasteiger partial charge is 0.178 e. The van der Waals surface area contributed by atoms with E-state index < -0.39 is 0 Å². The maximum Gasteiger partial charge on any atom is 0.178 e. The van der Waals surface area contributed by atoms with Crippen LogP contribution in [0.2, 0.25) is 0 Å². The van der Waals surface area contributed by atoms with E-state index in [0.29, 0.717) is 10.3 Å². The van der Waals surface area contributed by atoms with Crippen LogP contribution in [0.5, 0.6) is 0 Å². The van der Waals surface area contributed by atoms with Crippen LogP contribution in [-0.4, -0.2) is 20.1 Å². The van der Waals surface area contributed by atoms with Crippen LogP contribution in [0, 0.1) is 17.5 Å². The first-order chi connectivity index (χ1) is 8.98. The maximum atomic E-state index is 13.6. The number of hydrogen-bond acceptors (Lipinski definition) is 2. The molecule has 2 nitrogen and oxygen atoms in total. The minimum Gasteiger partial charge on any atom is -0.330 e. The number of benzene rings is 1. The van der Waals surface area contributed by atoms with E-state index in [1.165, 1.54) is 18.6 Å². The fourth-order valence-electron chi connectivity index (χ4n) is 2.73. The summed E-state index contributed by atoms with van der Waals surface area (Å²) >= 11 is 7.41. The summed E-state index contributed by atoms with van der Waals surface area (Å²) in [5, 5.41) is 0. The Morgan fingerprint density at radius 2 is 2.32 bits per heavy atom. The summed E-state index contributed by atoms with van der Waals surface area (Å²) in [5.41, 5.74) is 2.47. The van der Waals surface area contributed by atoms with E-state index >= 15 is 0 Å². The fraction of sp³-hybridized carbons (Fsp3) is 0.500. The van der Waals surface area contributed by atoms with Crippen LogP contribution in [0.1, 0.15) is 25.3 Å². The van der Waals surface area contributed by atoms with Gasteiger partial charge in [-0.2, -0.15) is 11.8 Å². The highest BCUT2D eigenvalue weighted by Crippen LogP contribution is 2.39. The highest BCUT2D eigenvalue weighted by Gasteiger charge is 2.30.